The van der Waals surface area contributed by atoms with Crippen LogP contribution in [0.25, 0.3) is 0 Å². The Hall–Kier alpha value is -2.21. The Labute approximate surface area is 143 Å². The Kier molecular flexibility index (Phi) is 5.39. The van der Waals surface area contributed by atoms with Crippen LogP contribution >= 0.6 is 11.6 Å². The number of nitrogens with zero attached hydrogens (tertiary/aromatic N) is 2. The minimum absolute atomic E-state index is 0.0163. The molecule has 2 aromatic rings. The number of anilines is 2. The average Bonchev–Trinajstić information content (AvgIpc) is 2.53. The highest BCUT2D eigenvalue weighted by atomic mass is 35.5. The largest absolute Gasteiger partial charge is 0.418 e. The van der Waals surface area contributed by atoms with Gasteiger partial charge in [-0.1, -0.05) is 23.7 Å². The number of alkyl halides is 3. The van der Waals surface area contributed by atoms with E-state index < -0.39 is 11.7 Å². The number of halogens is 4. The van der Waals surface area contributed by atoms with Crippen molar-refractivity contribution in [1.29, 1.82) is 0 Å². The molecule has 3 nitrogen and oxygen atoms in total. The van der Waals surface area contributed by atoms with Crippen LogP contribution in [0.5, 0.6) is 0 Å². The monoisotopic (exact) mass is 355 g/mol. The standard InChI is InChI=1S/C17H17ClF3N3/c1-11(13-10-12(18)8-9-15(13)22-2)23-24(3)16-7-5-4-6-14(16)17(19,20)21/h4-10,22H,1-3H3/b23-11-. The molecule has 128 valence electrons. The van der Waals surface area contributed by atoms with Gasteiger partial charge in [-0.05, 0) is 37.3 Å². The second kappa shape index (κ2) is 7.13. The van der Waals surface area contributed by atoms with Crippen molar-refractivity contribution in [2.75, 3.05) is 24.4 Å². The van der Waals surface area contributed by atoms with Crippen LogP contribution in [0.1, 0.15) is 18.1 Å². The Balaban J connectivity index is 2.44. The van der Waals surface area contributed by atoms with Crippen molar-refractivity contribution in [2.24, 2.45) is 5.10 Å². The van der Waals surface area contributed by atoms with Crippen LogP contribution < -0.4 is 10.3 Å². The molecule has 7 heteroatoms. The highest BCUT2D eigenvalue weighted by Crippen LogP contribution is 2.36. The van der Waals surface area contributed by atoms with E-state index in [2.05, 4.69) is 10.4 Å². The van der Waals surface area contributed by atoms with Gasteiger partial charge in [0.2, 0.25) is 0 Å². The molecule has 0 saturated carbocycles. The molecule has 0 atom stereocenters. The Morgan fingerprint density at radius 2 is 1.83 bits per heavy atom. The smallest absolute Gasteiger partial charge is 0.388 e. The fourth-order valence-corrected chi connectivity index (χ4v) is 2.53. The van der Waals surface area contributed by atoms with E-state index in [0.29, 0.717) is 10.7 Å². The number of hydrazone groups is 1. The summed E-state index contributed by atoms with van der Waals surface area (Å²) in [4.78, 5) is 0. The first kappa shape index (κ1) is 18.1. The third kappa shape index (κ3) is 4.00. The van der Waals surface area contributed by atoms with Crippen LogP contribution in [0.15, 0.2) is 47.6 Å². The summed E-state index contributed by atoms with van der Waals surface area (Å²) in [7, 11) is 3.24. The van der Waals surface area contributed by atoms with Crippen LogP contribution in [0, 0.1) is 0 Å². The van der Waals surface area contributed by atoms with E-state index in [1.54, 1.807) is 38.2 Å². The quantitative estimate of drug-likeness (QED) is 0.598. The first-order chi connectivity index (χ1) is 11.2. The van der Waals surface area contributed by atoms with Crippen LogP contribution in [0.2, 0.25) is 5.02 Å². The number of para-hydroxylation sites is 1. The average molecular weight is 356 g/mol. The summed E-state index contributed by atoms with van der Waals surface area (Å²) in [5.41, 5.74) is 1.31. The lowest BCUT2D eigenvalue weighted by Gasteiger charge is -2.20. The lowest BCUT2D eigenvalue weighted by atomic mass is 10.1. The molecular formula is C17H17ClF3N3. The number of nitrogens with one attached hydrogen (secondary N) is 1. The molecule has 0 aliphatic heterocycles. The van der Waals surface area contributed by atoms with Gasteiger partial charge in [-0.2, -0.15) is 18.3 Å². The normalized spacial score (nSPS) is 12.2. The van der Waals surface area contributed by atoms with Crippen molar-refractivity contribution in [2.45, 2.75) is 13.1 Å². The molecule has 0 bridgehead atoms. The van der Waals surface area contributed by atoms with Gasteiger partial charge in [-0.3, -0.25) is 5.01 Å². The predicted molar refractivity (Wildman–Crippen MR) is 93.1 cm³/mol. The summed E-state index contributed by atoms with van der Waals surface area (Å²) >= 11 is 6.01. The maximum absolute atomic E-state index is 13.1. The van der Waals surface area contributed by atoms with Crippen molar-refractivity contribution in [1.82, 2.24) is 0 Å². The zero-order chi connectivity index (χ0) is 17.9. The van der Waals surface area contributed by atoms with Gasteiger partial charge in [0.25, 0.3) is 0 Å². The Morgan fingerprint density at radius 3 is 2.46 bits per heavy atom. The van der Waals surface area contributed by atoms with Gasteiger partial charge in [0, 0.05) is 30.4 Å². The van der Waals surface area contributed by atoms with Gasteiger partial charge in [0.1, 0.15) is 0 Å². The summed E-state index contributed by atoms with van der Waals surface area (Å²) in [5.74, 6) is 0. The zero-order valence-electron chi connectivity index (χ0n) is 13.4. The van der Waals surface area contributed by atoms with Gasteiger partial charge in [-0.25, -0.2) is 0 Å². The molecule has 0 unspecified atom stereocenters. The number of hydrogen-bond donors (Lipinski definition) is 1. The van der Waals surface area contributed by atoms with E-state index in [4.69, 9.17) is 11.6 Å². The second-order valence-electron chi connectivity index (χ2n) is 5.16. The second-order valence-corrected chi connectivity index (χ2v) is 5.60. The molecule has 0 aliphatic carbocycles. The van der Waals surface area contributed by atoms with Crippen molar-refractivity contribution < 1.29 is 13.2 Å². The molecule has 0 heterocycles. The minimum atomic E-state index is -4.44. The van der Waals surface area contributed by atoms with Crippen molar-refractivity contribution in [3.05, 3.63) is 58.6 Å². The minimum Gasteiger partial charge on any atom is -0.388 e. The number of benzene rings is 2. The molecular weight excluding hydrogens is 339 g/mol. The van der Waals surface area contributed by atoms with E-state index in [1.807, 2.05) is 0 Å². The van der Waals surface area contributed by atoms with Crippen molar-refractivity contribution >= 4 is 28.7 Å². The van der Waals surface area contributed by atoms with Gasteiger partial charge in [0.15, 0.2) is 0 Å². The highest BCUT2D eigenvalue weighted by Gasteiger charge is 2.34. The molecule has 0 saturated heterocycles. The predicted octanol–water partition coefficient (Wildman–Crippen LogP) is 5.26. The Morgan fingerprint density at radius 1 is 1.17 bits per heavy atom. The van der Waals surface area contributed by atoms with Gasteiger partial charge < -0.3 is 5.32 Å². The topological polar surface area (TPSA) is 27.6 Å². The Bertz CT molecular complexity index is 757. The van der Waals surface area contributed by atoms with Gasteiger partial charge in [0.05, 0.1) is 17.0 Å². The van der Waals surface area contributed by atoms with Crippen LogP contribution in [0.4, 0.5) is 24.5 Å². The summed E-state index contributed by atoms with van der Waals surface area (Å²) in [6.07, 6.45) is -4.44. The molecule has 0 fully saturated rings. The molecule has 2 rings (SSSR count). The first-order valence-corrected chi connectivity index (χ1v) is 7.54. The first-order valence-electron chi connectivity index (χ1n) is 7.17. The summed E-state index contributed by atoms with van der Waals surface area (Å²) < 4.78 is 39.4. The van der Waals surface area contributed by atoms with Gasteiger partial charge >= 0.3 is 6.18 Å². The fraction of sp³-hybridized carbons (Fsp3) is 0.235. The third-order valence-corrected chi connectivity index (χ3v) is 3.73. The summed E-state index contributed by atoms with van der Waals surface area (Å²) in [6.45, 7) is 1.72. The maximum Gasteiger partial charge on any atom is 0.418 e. The lowest BCUT2D eigenvalue weighted by Crippen LogP contribution is -2.18. The SMILES string of the molecule is CNc1ccc(Cl)cc1/C(C)=N\N(C)c1ccccc1C(F)(F)F. The van der Waals surface area contributed by atoms with Crippen LogP contribution in [-0.2, 0) is 6.18 Å². The molecule has 0 aliphatic rings. The summed E-state index contributed by atoms with van der Waals surface area (Å²) in [6, 6.07) is 10.6. The van der Waals surface area contributed by atoms with E-state index in [9.17, 15) is 13.2 Å². The van der Waals surface area contributed by atoms with E-state index >= 15 is 0 Å². The van der Waals surface area contributed by atoms with Crippen molar-refractivity contribution in [3.8, 4) is 0 Å². The molecule has 2 aromatic carbocycles. The third-order valence-electron chi connectivity index (χ3n) is 3.50. The molecule has 24 heavy (non-hydrogen) atoms. The molecule has 0 aromatic heterocycles. The molecule has 0 radical (unpaired) electrons. The lowest BCUT2D eigenvalue weighted by molar-refractivity contribution is -0.137. The molecule has 1 N–H and O–H groups in total. The van der Waals surface area contributed by atoms with Gasteiger partial charge in [-0.15, -0.1) is 0 Å². The van der Waals surface area contributed by atoms with E-state index in [1.165, 1.54) is 24.2 Å². The van der Waals surface area contributed by atoms with Crippen molar-refractivity contribution in [3.63, 3.8) is 0 Å². The van der Waals surface area contributed by atoms with Crippen LogP contribution in [0.3, 0.4) is 0 Å². The number of rotatable bonds is 4. The molecule has 0 amide bonds. The number of hydrogen-bond acceptors (Lipinski definition) is 3. The van der Waals surface area contributed by atoms with E-state index in [-0.39, 0.29) is 5.69 Å². The highest BCUT2D eigenvalue weighted by molar-refractivity contribution is 6.31. The fourth-order valence-electron chi connectivity index (χ4n) is 2.36. The molecule has 0 spiro atoms. The summed E-state index contributed by atoms with van der Waals surface area (Å²) in [5, 5.41) is 9.05. The zero-order valence-corrected chi connectivity index (χ0v) is 14.2. The van der Waals surface area contributed by atoms with Crippen LogP contribution in [-0.4, -0.2) is 19.8 Å². The maximum atomic E-state index is 13.1. The van der Waals surface area contributed by atoms with E-state index in [0.717, 1.165) is 17.3 Å².